The number of aryl methyl sites for hydroxylation is 1. The monoisotopic (exact) mass is 195 g/mol. The third-order valence-electron chi connectivity index (χ3n) is 2.02. The van der Waals surface area contributed by atoms with Crippen molar-refractivity contribution >= 4 is 11.3 Å². The molecule has 0 saturated carbocycles. The van der Waals surface area contributed by atoms with Crippen LogP contribution in [-0.2, 0) is 13.0 Å². The van der Waals surface area contributed by atoms with Crippen molar-refractivity contribution in [2.24, 2.45) is 0 Å². The van der Waals surface area contributed by atoms with E-state index < -0.39 is 0 Å². The Kier molecular flexibility index (Phi) is 4.19. The lowest BCUT2D eigenvalue weighted by molar-refractivity contribution is 0.640. The summed E-state index contributed by atoms with van der Waals surface area (Å²) in [7, 11) is 0. The van der Waals surface area contributed by atoms with Crippen LogP contribution in [0.25, 0.3) is 0 Å². The average Bonchev–Trinajstić information content (AvgIpc) is 2.61. The Balaban J connectivity index is 2.40. The summed E-state index contributed by atoms with van der Waals surface area (Å²) in [4.78, 5) is 2.87. The van der Waals surface area contributed by atoms with Crippen LogP contribution >= 0.6 is 11.3 Å². The average molecular weight is 195 g/mol. The number of thiophene rings is 1. The van der Waals surface area contributed by atoms with E-state index >= 15 is 0 Å². The molecular weight excluding hydrogens is 178 g/mol. The topological polar surface area (TPSA) is 12.0 Å². The highest BCUT2D eigenvalue weighted by Crippen LogP contribution is 2.16. The molecule has 1 atom stereocenters. The smallest absolute Gasteiger partial charge is 0.0305 e. The fourth-order valence-electron chi connectivity index (χ4n) is 1.05. The molecule has 1 unspecified atom stereocenters. The zero-order chi connectivity index (χ0) is 9.68. The van der Waals surface area contributed by atoms with Crippen molar-refractivity contribution in [3.05, 3.63) is 34.5 Å². The highest BCUT2D eigenvalue weighted by molar-refractivity contribution is 7.11. The lowest BCUT2D eigenvalue weighted by Gasteiger charge is -2.06. The summed E-state index contributed by atoms with van der Waals surface area (Å²) in [6, 6.07) is 4.80. The normalized spacial score (nSPS) is 12.8. The van der Waals surface area contributed by atoms with Gasteiger partial charge in [-0.2, -0.15) is 0 Å². The minimum absolute atomic E-state index is 0.396. The third kappa shape index (κ3) is 3.33. The van der Waals surface area contributed by atoms with Crippen LogP contribution in [0, 0.1) is 0 Å². The number of rotatable bonds is 5. The summed E-state index contributed by atoms with van der Waals surface area (Å²) in [5, 5.41) is 3.38. The first-order valence-electron chi connectivity index (χ1n) is 4.69. The van der Waals surface area contributed by atoms with E-state index in [9.17, 15) is 0 Å². The highest BCUT2D eigenvalue weighted by Gasteiger charge is 1.99. The Morgan fingerprint density at radius 2 is 2.23 bits per heavy atom. The van der Waals surface area contributed by atoms with Crippen molar-refractivity contribution in [3.8, 4) is 0 Å². The number of hydrogen-bond acceptors (Lipinski definition) is 2. The second-order valence-electron chi connectivity index (χ2n) is 3.13. The quantitative estimate of drug-likeness (QED) is 0.712. The molecular formula is C11H17NS. The van der Waals surface area contributed by atoms with E-state index in [0.29, 0.717) is 6.04 Å². The van der Waals surface area contributed by atoms with Crippen LogP contribution in [0.4, 0.5) is 0 Å². The number of hydrogen-bond donors (Lipinski definition) is 1. The molecule has 0 amide bonds. The molecule has 0 aliphatic rings. The molecule has 1 nitrogen and oxygen atoms in total. The standard InChI is InChI=1S/C11H17NS/c1-4-9(3)12-8-11-7-6-10(5-2)13-11/h4,6-7,9,12H,1,5,8H2,2-3H3. The first kappa shape index (κ1) is 10.5. The van der Waals surface area contributed by atoms with Gasteiger partial charge in [0.15, 0.2) is 0 Å². The van der Waals surface area contributed by atoms with E-state index in [1.165, 1.54) is 9.75 Å². The number of nitrogens with one attached hydrogen (secondary N) is 1. The molecule has 0 aliphatic carbocycles. The van der Waals surface area contributed by atoms with Gasteiger partial charge in [0.25, 0.3) is 0 Å². The molecule has 72 valence electrons. The maximum Gasteiger partial charge on any atom is 0.0305 e. The fourth-order valence-corrected chi connectivity index (χ4v) is 1.96. The van der Waals surface area contributed by atoms with Gasteiger partial charge < -0.3 is 5.32 Å². The van der Waals surface area contributed by atoms with Crippen LogP contribution in [0.2, 0.25) is 0 Å². The third-order valence-corrected chi connectivity index (χ3v) is 3.25. The van der Waals surface area contributed by atoms with Gasteiger partial charge in [0.2, 0.25) is 0 Å². The minimum Gasteiger partial charge on any atom is -0.306 e. The van der Waals surface area contributed by atoms with Crippen LogP contribution in [-0.4, -0.2) is 6.04 Å². The summed E-state index contributed by atoms with van der Waals surface area (Å²) in [5.41, 5.74) is 0. The predicted molar refractivity (Wildman–Crippen MR) is 60.2 cm³/mol. The first-order valence-corrected chi connectivity index (χ1v) is 5.51. The van der Waals surface area contributed by atoms with Crippen molar-refractivity contribution in [2.75, 3.05) is 0 Å². The lowest BCUT2D eigenvalue weighted by Crippen LogP contribution is -2.22. The molecule has 1 N–H and O–H groups in total. The van der Waals surface area contributed by atoms with Crippen LogP contribution < -0.4 is 5.32 Å². The SMILES string of the molecule is C=CC(C)NCc1ccc(CC)s1. The van der Waals surface area contributed by atoms with Crippen LogP contribution in [0.3, 0.4) is 0 Å². The van der Waals surface area contributed by atoms with Crippen LogP contribution in [0.1, 0.15) is 23.6 Å². The molecule has 0 saturated heterocycles. The first-order chi connectivity index (χ1) is 6.26. The van der Waals surface area contributed by atoms with Crippen molar-refractivity contribution < 1.29 is 0 Å². The zero-order valence-electron chi connectivity index (χ0n) is 8.34. The van der Waals surface area contributed by atoms with E-state index in [2.05, 4.69) is 37.9 Å². The van der Waals surface area contributed by atoms with Gasteiger partial charge in [0, 0.05) is 22.3 Å². The molecule has 1 aromatic rings. The van der Waals surface area contributed by atoms with E-state index in [4.69, 9.17) is 0 Å². The molecule has 0 bridgehead atoms. The highest BCUT2D eigenvalue weighted by atomic mass is 32.1. The van der Waals surface area contributed by atoms with Gasteiger partial charge in [-0.05, 0) is 25.5 Å². The van der Waals surface area contributed by atoms with E-state index in [1.54, 1.807) is 0 Å². The molecule has 1 aromatic heterocycles. The predicted octanol–water partition coefficient (Wildman–Crippen LogP) is 2.97. The summed E-state index contributed by atoms with van der Waals surface area (Å²) in [6.07, 6.45) is 3.07. The Hall–Kier alpha value is -0.600. The fraction of sp³-hybridized carbons (Fsp3) is 0.455. The lowest BCUT2D eigenvalue weighted by atomic mass is 10.3. The molecule has 1 rings (SSSR count). The summed E-state index contributed by atoms with van der Waals surface area (Å²) in [5.74, 6) is 0. The van der Waals surface area contributed by atoms with Gasteiger partial charge in [0.1, 0.15) is 0 Å². The van der Waals surface area contributed by atoms with E-state index in [-0.39, 0.29) is 0 Å². The Labute approximate surface area is 84.5 Å². The van der Waals surface area contributed by atoms with Gasteiger partial charge in [-0.15, -0.1) is 17.9 Å². The Bertz CT molecular complexity index is 265. The van der Waals surface area contributed by atoms with Crippen molar-refractivity contribution in [2.45, 2.75) is 32.9 Å². The zero-order valence-corrected chi connectivity index (χ0v) is 9.16. The second-order valence-corrected chi connectivity index (χ2v) is 4.38. The second kappa shape index (κ2) is 5.20. The maximum absolute atomic E-state index is 3.74. The van der Waals surface area contributed by atoms with Crippen molar-refractivity contribution in [3.63, 3.8) is 0 Å². The maximum atomic E-state index is 3.74. The Morgan fingerprint density at radius 3 is 2.77 bits per heavy atom. The van der Waals surface area contributed by atoms with Gasteiger partial charge in [0.05, 0.1) is 0 Å². The molecule has 13 heavy (non-hydrogen) atoms. The van der Waals surface area contributed by atoms with Crippen LogP contribution in [0.15, 0.2) is 24.8 Å². The van der Waals surface area contributed by atoms with Crippen molar-refractivity contribution in [1.82, 2.24) is 5.32 Å². The van der Waals surface area contributed by atoms with E-state index in [0.717, 1.165) is 13.0 Å². The van der Waals surface area contributed by atoms with Crippen LogP contribution in [0.5, 0.6) is 0 Å². The molecule has 0 fully saturated rings. The largest absolute Gasteiger partial charge is 0.306 e. The van der Waals surface area contributed by atoms with Crippen molar-refractivity contribution in [1.29, 1.82) is 0 Å². The molecule has 1 heterocycles. The molecule has 2 heteroatoms. The molecule has 0 radical (unpaired) electrons. The molecule has 0 aromatic carbocycles. The minimum atomic E-state index is 0.396. The van der Waals surface area contributed by atoms with Gasteiger partial charge in [-0.25, -0.2) is 0 Å². The summed E-state index contributed by atoms with van der Waals surface area (Å²) in [6.45, 7) is 8.99. The summed E-state index contributed by atoms with van der Waals surface area (Å²) >= 11 is 1.89. The van der Waals surface area contributed by atoms with Gasteiger partial charge in [-0.1, -0.05) is 13.0 Å². The van der Waals surface area contributed by atoms with E-state index in [1.807, 2.05) is 17.4 Å². The Morgan fingerprint density at radius 1 is 1.54 bits per heavy atom. The molecule has 0 aliphatic heterocycles. The summed E-state index contributed by atoms with van der Waals surface area (Å²) < 4.78 is 0. The van der Waals surface area contributed by atoms with Gasteiger partial charge in [-0.3, -0.25) is 0 Å². The van der Waals surface area contributed by atoms with Gasteiger partial charge >= 0.3 is 0 Å². The molecule has 0 spiro atoms.